The van der Waals surface area contributed by atoms with Crippen LogP contribution in [-0.2, 0) is 4.79 Å². The lowest BCUT2D eigenvalue weighted by atomic mass is 10.1. The van der Waals surface area contributed by atoms with E-state index in [9.17, 15) is 18.0 Å². The van der Waals surface area contributed by atoms with Crippen LogP contribution in [0.5, 0.6) is 11.5 Å². The predicted molar refractivity (Wildman–Crippen MR) is 176 cm³/mol. The standard InChI is InChI=1S/C32H33F3N8O3S/c1-21-16-27(45-3)17-22(2)29(21)39-31(47-19-28(44)42-14-12-36-13-15-42)40-38-18-23-4-6-24(7-5-23)30-37-20-43(41-30)25-8-10-26(11-9-25)46-32(33,34)35/h4-11,16-18,20,36H,12-15,19H2,1-3H3,(H,39,40)/b38-18-. The number of aromatic nitrogens is 3. The maximum Gasteiger partial charge on any atom is 0.573 e. The van der Waals surface area contributed by atoms with E-state index < -0.39 is 6.36 Å². The fourth-order valence-corrected chi connectivity index (χ4v) is 5.45. The third-order valence-electron chi connectivity index (χ3n) is 7.09. The van der Waals surface area contributed by atoms with Gasteiger partial charge in [-0.15, -0.1) is 18.3 Å². The zero-order chi connectivity index (χ0) is 33.4. The summed E-state index contributed by atoms with van der Waals surface area (Å²) in [5.74, 6) is 1.12. The number of benzene rings is 3. The molecule has 0 unspecified atom stereocenters. The van der Waals surface area contributed by atoms with Crippen LogP contribution in [0.15, 0.2) is 77.1 Å². The Morgan fingerprint density at radius 2 is 1.72 bits per heavy atom. The van der Waals surface area contributed by atoms with Crippen molar-refractivity contribution in [2.45, 2.75) is 20.2 Å². The van der Waals surface area contributed by atoms with Crippen molar-refractivity contribution in [3.63, 3.8) is 0 Å². The summed E-state index contributed by atoms with van der Waals surface area (Å²) in [6, 6.07) is 16.5. The fraction of sp³-hybridized carbons (Fsp3) is 0.281. The Morgan fingerprint density at radius 1 is 1.04 bits per heavy atom. The number of piperazine rings is 1. The Kier molecular flexibility index (Phi) is 10.8. The van der Waals surface area contributed by atoms with Crippen LogP contribution < -0.4 is 20.2 Å². The molecule has 1 fully saturated rings. The van der Waals surface area contributed by atoms with Crippen molar-refractivity contribution in [2.75, 3.05) is 39.0 Å². The summed E-state index contributed by atoms with van der Waals surface area (Å²) in [6.45, 7) is 6.81. The number of carbonyl (C=O) groups excluding carboxylic acids is 1. The molecule has 4 aromatic rings. The molecule has 0 saturated carbocycles. The minimum absolute atomic E-state index is 0.0391. The molecule has 2 N–H and O–H groups in total. The quantitative estimate of drug-likeness (QED) is 0.142. The molecule has 0 atom stereocenters. The summed E-state index contributed by atoms with van der Waals surface area (Å²) in [7, 11) is 1.62. The molecular formula is C32H33F3N8O3S. The number of nitrogens with zero attached hydrogens (tertiary/aromatic N) is 6. The van der Waals surface area contributed by atoms with Crippen LogP contribution >= 0.6 is 11.8 Å². The normalized spacial score (nSPS) is 14.0. The molecule has 1 saturated heterocycles. The highest BCUT2D eigenvalue weighted by Gasteiger charge is 2.31. The zero-order valence-electron chi connectivity index (χ0n) is 25.9. The van der Waals surface area contributed by atoms with E-state index >= 15 is 0 Å². The van der Waals surface area contributed by atoms with Crippen LogP contribution in [0.3, 0.4) is 0 Å². The third kappa shape index (κ3) is 9.33. The number of nitrogens with one attached hydrogen (secondary N) is 2. The maximum atomic E-state index is 12.8. The number of ether oxygens (including phenoxy) is 2. The number of methoxy groups -OCH3 is 1. The smallest absolute Gasteiger partial charge is 0.497 e. The van der Waals surface area contributed by atoms with Gasteiger partial charge in [0.05, 0.1) is 30.5 Å². The van der Waals surface area contributed by atoms with Crippen molar-refractivity contribution < 1.29 is 27.4 Å². The highest BCUT2D eigenvalue weighted by Crippen LogP contribution is 2.30. The number of aryl methyl sites for hydroxylation is 2. The van der Waals surface area contributed by atoms with Gasteiger partial charge in [0.2, 0.25) is 5.91 Å². The lowest BCUT2D eigenvalue weighted by molar-refractivity contribution is -0.274. The van der Waals surface area contributed by atoms with Gasteiger partial charge in [-0.1, -0.05) is 36.0 Å². The van der Waals surface area contributed by atoms with Crippen molar-refractivity contribution in [3.8, 4) is 28.6 Å². The topological polar surface area (TPSA) is 118 Å². The first kappa shape index (κ1) is 33.5. The van der Waals surface area contributed by atoms with Crippen molar-refractivity contribution in [3.05, 3.63) is 83.7 Å². The lowest BCUT2D eigenvalue weighted by Gasteiger charge is -2.27. The van der Waals surface area contributed by atoms with Crippen molar-refractivity contribution in [1.29, 1.82) is 0 Å². The van der Waals surface area contributed by atoms with Crippen LogP contribution in [0.2, 0.25) is 0 Å². The molecule has 0 aliphatic carbocycles. The van der Waals surface area contributed by atoms with Gasteiger partial charge >= 0.3 is 6.36 Å². The second kappa shape index (κ2) is 15.1. The van der Waals surface area contributed by atoms with Crippen molar-refractivity contribution in [2.24, 2.45) is 10.1 Å². The third-order valence-corrected chi connectivity index (χ3v) is 7.93. The molecular weight excluding hydrogens is 633 g/mol. The molecule has 11 nitrogen and oxygen atoms in total. The van der Waals surface area contributed by atoms with Crippen LogP contribution in [0.25, 0.3) is 17.1 Å². The number of thioether (sulfide) groups is 1. The van der Waals surface area contributed by atoms with Crippen molar-refractivity contribution in [1.82, 2.24) is 30.4 Å². The minimum Gasteiger partial charge on any atom is -0.497 e. The number of hydrogen-bond donors (Lipinski definition) is 2. The first-order valence-corrected chi connectivity index (χ1v) is 15.6. The summed E-state index contributed by atoms with van der Waals surface area (Å²) in [6.07, 6.45) is -1.64. The summed E-state index contributed by atoms with van der Waals surface area (Å²) in [5, 5.41) is 12.6. The van der Waals surface area contributed by atoms with E-state index in [4.69, 9.17) is 9.73 Å². The Bertz CT molecular complexity index is 1710. The Morgan fingerprint density at radius 3 is 2.36 bits per heavy atom. The van der Waals surface area contributed by atoms with Gasteiger partial charge in [-0.3, -0.25) is 10.2 Å². The molecule has 15 heteroatoms. The number of halogens is 3. The van der Waals surface area contributed by atoms with E-state index in [0.717, 1.165) is 46.8 Å². The van der Waals surface area contributed by atoms with Gasteiger partial charge in [0.1, 0.15) is 17.8 Å². The van der Waals surface area contributed by atoms with Crippen molar-refractivity contribution >= 4 is 34.7 Å². The van der Waals surface area contributed by atoms with E-state index in [-0.39, 0.29) is 17.4 Å². The minimum atomic E-state index is -4.76. The average molecular weight is 667 g/mol. The van der Waals surface area contributed by atoms with E-state index in [0.29, 0.717) is 29.8 Å². The van der Waals surface area contributed by atoms with Gasteiger partial charge in [0.15, 0.2) is 11.0 Å². The van der Waals surface area contributed by atoms with Gasteiger partial charge in [-0.05, 0) is 66.9 Å². The molecule has 0 radical (unpaired) electrons. The number of rotatable bonds is 9. The van der Waals surface area contributed by atoms with E-state index in [1.807, 2.05) is 55.1 Å². The van der Waals surface area contributed by atoms with Gasteiger partial charge in [0.25, 0.3) is 0 Å². The van der Waals surface area contributed by atoms with E-state index in [1.54, 1.807) is 13.3 Å². The van der Waals surface area contributed by atoms with Gasteiger partial charge in [-0.2, -0.15) is 5.10 Å². The molecule has 1 aliphatic heterocycles. The molecule has 2 heterocycles. The molecule has 246 valence electrons. The highest BCUT2D eigenvalue weighted by atomic mass is 32.2. The number of amidine groups is 1. The molecule has 47 heavy (non-hydrogen) atoms. The number of aliphatic imine (C=N–C) groups is 1. The lowest BCUT2D eigenvalue weighted by Crippen LogP contribution is -2.47. The van der Waals surface area contributed by atoms with Crippen LogP contribution in [-0.4, -0.2) is 82.4 Å². The largest absolute Gasteiger partial charge is 0.573 e. The van der Waals surface area contributed by atoms with Crippen LogP contribution in [0.1, 0.15) is 16.7 Å². The van der Waals surface area contributed by atoms with Gasteiger partial charge in [0, 0.05) is 31.7 Å². The Balaban J connectivity index is 1.26. The number of alkyl halides is 3. The number of hydrogen-bond acceptors (Lipinski definition) is 9. The fourth-order valence-electron chi connectivity index (χ4n) is 4.74. The summed E-state index contributed by atoms with van der Waals surface area (Å²) < 4.78 is 48.1. The molecule has 3 aromatic carbocycles. The van der Waals surface area contributed by atoms with E-state index in [2.05, 4.69) is 30.7 Å². The molecule has 0 spiro atoms. The summed E-state index contributed by atoms with van der Waals surface area (Å²) in [4.78, 5) is 23.8. The summed E-state index contributed by atoms with van der Waals surface area (Å²) >= 11 is 1.29. The second-order valence-electron chi connectivity index (χ2n) is 10.5. The maximum absolute atomic E-state index is 12.8. The Labute approximate surface area is 273 Å². The SMILES string of the molecule is COc1cc(C)c(N=C(N/N=C\c2ccc(-c3ncn(-c4ccc(OC(F)(F)F)cc4)n3)cc2)SCC(=O)N2CCNCC2)c(C)c1. The highest BCUT2D eigenvalue weighted by molar-refractivity contribution is 8.14. The molecule has 1 aromatic heterocycles. The molecule has 1 aliphatic rings. The first-order chi connectivity index (χ1) is 22.6. The van der Waals surface area contributed by atoms with E-state index in [1.165, 1.54) is 47.0 Å². The molecule has 0 bridgehead atoms. The van der Waals surface area contributed by atoms with Gasteiger partial charge in [-0.25, -0.2) is 14.7 Å². The summed E-state index contributed by atoms with van der Waals surface area (Å²) in [5.41, 5.74) is 7.69. The van der Waals surface area contributed by atoms with Crippen LogP contribution in [0.4, 0.5) is 18.9 Å². The number of amides is 1. The average Bonchev–Trinajstić information content (AvgIpc) is 3.55. The molecule has 5 rings (SSSR count). The first-order valence-electron chi connectivity index (χ1n) is 14.6. The molecule has 1 amide bonds. The number of carbonyl (C=O) groups is 1. The monoisotopic (exact) mass is 666 g/mol. The van der Waals surface area contributed by atoms with Crippen LogP contribution in [0, 0.1) is 13.8 Å². The predicted octanol–water partition coefficient (Wildman–Crippen LogP) is 5.23. The number of hydrazone groups is 1. The van der Waals surface area contributed by atoms with Gasteiger partial charge < -0.3 is 19.7 Å². The Hall–Kier alpha value is -4.89. The second-order valence-corrected chi connectivity index (χ2v) is 11.5. The zero-order valence-corrected chi connectivity index (χ0v) is 26.7.